The lowest BCUT2D eigenvalue weighted by Crippen LogP contribution is -2.46. The Bertz CT molecular complexity index is 289. The van der Waals surface area contributed by atoms with Gasteiger partial charge in [-0.25, -0.2) is 0 Å². The van der Waals surface area contributed by atoms with Gasteiger partial charge in [-0.05, 0) is 62.1 Å². The summed E-state index contributed by atoms with van der Waals surface area (Å²) < 4.78 is 0. The van der Waals surface area contributed by atoms with E-state index in [0.29, 0.717) is 17.8 Å². The number of hydrogen-bond acceptors (Lipinski definition) is 2. The Hall–Kier alpha value is -0.500. The zero-order valence-electron chi connectivity index (χ0n) is 9.50. The maximum atomic E-state index is 10.2. The fraction of sp³-hybridized carbons (Fsp3) is 0.846. The maximum Gasteiger partial charge on any atom is 0.0951 e. The number of allylic oxidation sites excluding steroid dienone is 2. The molecule has 3 fully saturated rings. The van der Waals surface area contributed by atoms with Crippen LogP contribution in [0.5, 0.6) is 0 Å². The molecule has 1 aliphatic heterocycles. The van der Waals surface area contributed by atoms with Crippen LogP contribution < -0.4 is 5.32 Å². The van der Waals surface area contributed by atoms with E-state index in [0.717, 1.165) is 31.1 Å². The Balaban J connectivity index is 1.83. The number of piperidine rings is 1. The Labute approximate surface area is 91.8 Å². The summed E-state index contributed by atoms with van der Waals surface area (Å²) in [6, 6.07) is 0. The van der Waals surface area contributed by atoms with Gasteiger partial charge in [0, 0.05) is 5.92 Å². The molecule has 0 aromatic rings. The van der Waals surface area contributed by atoms with Gasteiger partial charge in [-0.1, -0.05) is 6.92 Å². The van der Waals surface area contributed by atoms with Crippen molar-refractivity contribution in [3.63, 3.8) is 0 Å². The number of nitrogens with one attached hydrogen (secondary N) is 1. The third kappa shape index (κ3) is 1.69. The fourth-order valence-electron chi connectivity index (χ4n) is 3.70. The van der Waals surface area contributed by atoms with E-state index in [4.69, 9.17) is 0 Å². The average molecular weight is 207 g/mol. The summed E-state index contributed by atoms with van der Waals surface area (Å²) >= 11 is 0. The standard InChI is InChI=1S/C13H21NO/c1-8-4-9-5-11(7-14-6-9)12(8)13(15)10-2-3-10/h8-9,11-12,14-15H,2-7H2,1H3/t8-,9+,11-,12+/m1/s1. The molecule has 1 saturated heterocycles. The summed E-state index contributed by atoms with van der Waals surface area (Å²) in [5, 5.41) is 13.8. The van der Waals surface area contributed by atoms with Crippen LogP contribution in [-0.2, 0) is 0 Å². The molecular weight excluding hydrogens is 186 g/mol. The molecule has 0 aromatic carbocycles. The Morgan fingerprint density at radius 3 is 2.80 bits per heavy atom. The molecule has 15 heavy (non-hydrogen) atoms. The van der Waals surface area contributed by atoms with Crippen molar-refractivity contribution in [3.05, 3.63) is 11.3 Å². The summed E-state index contributed by atoms with van der Waals surface area (Å²) in [6.45, 7) is 4.64. The lowest BCUT2D eigenvalue weighted by molar-refractivity contribution is 0.0776. The summed E-state index contributed by atoms with van der Waals surface area (Å²) in [5.74, 6) is 3.48. The quantitative estimate of drug-likeness (QED) is 0.647. The molecule has 84 valence electrons. The molecule has 1 heterocycles. The second kappa shape index (κ2) is 3.51. The normalized spacial score (nSPS) is 43.9. The van der Waals surface area contributed by atoms with Crippen molar-refractivity contribution in [1.29, 1.82) is 0 Å². The largest absolute Gasteiger partial charge is 0.512 e. The van der Waals surface area contributed by atoms with Crippen LogP contribution in [0.3, 0.4) is 0 Å². The zero-order chi connectivity index (χ0) is 10.4. The average Bonchev–Trinajstić information content (AvgIpc) is 3.00. The summed E-state index contributed by atoms with van der Waals surface area (Å²) in [7, 11) is 0. The molecule has 0 amide bonds. The molecule has 2 nitrogen and oxygen atoms in total. The molecule has 2 N–H and O–H groups in total. The first-order chi connectivity index (χ1) is 7.25. The van der Waals surface area contributed by atoms with Crippen molar-refractivity contribution >= 4 is 0 Å². The Morgan fingerprint density at radius 1 is 1.27 bits per heavy atom. The molecule has 2 saturated carbocycles. The van der Waals surface area contributed by atoms with Crippen LogP contribution in [0.15, 0.2) is 11.3 Å². The summed E-state index contributed by atoms with van der Waals surface area (Å²) in [5.41, 5.74) is 1.34. The summed E-state index contributed by atoms with van der Waals surface area (Å²) in [6.07, 6.45) is 4.93. The van der Waals surface area contributed by atoms with Gasteiger partial charge in [0.2, 0.25) is 0 Å². The highest BCUT2D eigenvalue weighted by molar-refractivity contribution is 5.23. The highest BCUT2D eigenvalue weighted by Crippen LogP contribution is 2.46. The van der Waals surface area contributed by atoms with Crippen molar-refractivity contribution in [2.75, 3.05) is 13.1 Å². The van der Waals surface area contributed by atoms with Gasteiger partial charge in [-0.15, -0.1) is 0 Å². The molecule has 3 aliphatic rings. The van der Waals surface area contributed by atoms with E-state index in [1.807, 2.05) is 0 Å². The minimum absolute atomic E-state index is 0.464. The number of aliphatic hydroxyl groups excluding tert-OH is 1. The summed E-state index contributed by atoms with van der Waals surface area (Å²) in [4.78, 5) is 0. The zero-order valence-corrected chi connectivity index (χ0v) is 9.50. The molecule has 2 bridgehead atoms. The molecule has 2 heteroatoms. The van der Waals surface area contributed by atoms with Crippen LogP contribution in [0.4, 0.5) is 0 Å². The first-order valence-electron chi connectivity index (χ1n) is 6.37. The van der Waals surface area contributed by atoms with Gasteiger partial charge >= 0.3 is 0 Å². The first-order valence-corrected chi connectivity index (χ1v) is 6.37. The molecule has 3 rings (SSSR count). The van der Waals surface area contributed by atoms with Crippen LogP contribution in [0.2, 0.25) is 0 Å². The van der Waals surface area contributed by atoms with Gasteiger partial charge in [0.25, 0.3) is 0 Å². The van der Waals surface area contributed by atoms with Crippen molar-refractivity contribution in [1.82, 2.24) is 5.32 Å². The van der Waals surface area contributed by atoms with E-state index >= 15 is 0 Å². The smallest absolute Gasteiger partial charge is 0.0951 e. The van der Waals surface area contributed by atoms with Crippen LogP contribution in [0, 0.1) is 23.7 Å². The number of fused-ring (bicyclic) bond motifs is 2. The molecule has 0 unspecified atom stereocenters. The Morgan fingerprint density at radius 2 is 2.07 bits per heavy atom. The highest BCUT2D eigenvalue weighted by Gasteiger charge is 2.41. The van der Waals surface area contributed by atoms with E-state index in [-0.39, 0.29) is 0 Å². The monoisotopic (exact) mass is 207 g/mol. The topological polar surface area (TPSA) is 32.3 Å². The van der Waals surface area contributed by atoms with Gasteiger partial charge in [-0.3, -0.25) is 0 Å². The minimum Gasteiger partial charge on any atom is -0.512 e. The van der Waals surface area contributed by atoms with Crippen molar-refractivity contribution in [3.8, 4) is 0 Å². The first kappa shape index (κ1) is 9.71. The molecule has 2 aliphatic carbocycles. The number of aliphatic hydroxyl groups is 1. The van der Waals surface area contributed by atoms with E-state index in [9.17, 15) is 5.11 Å². The van der Waals surface area contributed by atoms with E-state index < -0.39 is 0 Å². The van der Waals surface area contributed by atoms with Gasteiger partial charge in [0.05, 0.1) is 5.76 Å². The van der Waals surface area contributed by atoms with E-state index in [1.165, 1.54) is 25.0 Å². The van der Waals surface area contributed by atoms with Crippen molar-refractivity contribution in [2.45, 2.75) is 32.6 Å². The van der Waals surface area contributed by atoms with E-state index in [1.54, 1.807) is 0 Å². The van der Waals surface area contributed by atoms with Crippen LogP contribution >= 0.6 is 0 Å². The lowest BCUT2D eigenvalue weighted by atomic mass is 9.66. The molecule has 4 atom stereocenters. The van der Waals surface area contributed by atoms with Crippen molar-refractivity contribution in [2.24, 2.45) is 23.7 Å². The predicted molar refractivity (Wildman–Crippen MR) is 60.6 cm³/mol. The predicted octanol–water partition coefficient (Wildman–Crippen LogP) is 2.47. The van der Waals surface area contributed by atoms with Gasteiger partial charge in [-0.2, -0.15) is 0 Å². The van der Waals surface area contributed by atoms with Gasteiger partial charge in [0.1, 0.15) is 0 Å². The SMILES string of the molecule is C[C@@H]1C[C@@H]2CNC[C@@H](C2)[C@H]1C(O)=C1CC1. The molecule has 0 radical (unpaired) electrons. The third-order valence-corrected chi connectivity index (χ3v) is 4.48. The Kier molecular flexibility index (Phi) is 2.27. The molecule has 0 aromatic heterocycles. The highest BCUT2D eigenvalue weighted by atomic mass is 16.3. The van der Waals surface area contributed by atoms with Crippen LogP contribution in [0.25, 0.3) is 0 Å². The molecular formula is C13H21NO. The minimum atomic E-state index is 0.464. The lowest BCUT2D eigenvalue weighted by Gasteiger charge is -2.44. The third-order valence-electron chi connectivity index (χ3n) is 4.48. The second-order valence-electron chi connectivity index (χ2n) is 5.75. The van der Waals surface area contributed by atoms with Crippen LogP contribution in [0.1, 0.15) is 32.6 Å². The number of hydrogen-bond donors (Lipinski definition) is 2. The van der Waals surface area contributed by atoms with Crippen LogP contribution in [-0.4, -0.2) is 18.2 Å². The second-order valence-corrected chi connectivity index (χ2v) is 5.75. The fourth-order valence-corrected chi connectivity index (χ4v) is 3.70. The molecule has 0 spiro atoms. The van der Waals surface area contributed by atoms with Gasteiger partial charge in [0.15, 0.2) is 0 Å². The van der Waals surface area contributed by atoms with Gasteiger partial charge < -0.3 is 10.4 Å². The van der Waals surface area contributed by atoms with Crippen molar-refractivity contribution < 1.29 is 5.11 Å². The maximum absolute atomic E-state index is 10.2. The van der Waals surface area contributed by atoms with E-state index in [2.05, 4.69) is 12.2 Å². The number of rotatable bonds is 1.